The Hall–Kier alpha value is -3.17. The summed E-state index contributed by atoms with van der Waals surface area (Å²) in [6.07, 6.45) is 1.23. The number of ether oxygens (including phenoxy) is 1. The summed E-state index contributed by atoms with van der Waals surface area (Å²) in [5.41, 5.74) is 3.79. The fourth-order valence-electron chi connectivity index (χ4n) is 3.15. The van der Waals surface area contributed by atoms with E-state index in [4.69, 9.17) is 4.74 Å². The summed E-state index contributed by atoms with van der Waals surface area (Å²) in [4.78, 5) is 14.5. The highest BCUT2D eigenvalue weighted by Gasteiger charge is 2.35. The predicted molar refractivity (Wildman–Crippen MR) is 103 cm³/mol. The number of carbonyl (C=O) groups is 1. The Labute approximate surface area is 153 Å². The van der Waals surface area contributed by atoms with Crippen LogP contribution in [0.15, 0.2) is 97.1 Å². The van der Waals surface area contributed by atoms with Gasteiger partial charge in [0.15, 0.2) is 6.23 Å². The largest absolute Gasteiger partial charge is 0.349 e. The molecule has 26 heavy (non-hydrogen) atoms. The van der Waals surface area contributed by atoms with E-state index in [2.05, 4.69) is 0 Å². The lowest BCUT2D eigenvalue weighted by atomic mass is 10.1. The van der Waals surface area contributed by atoms with Gasteiger partial charge in [0.05, 0.1) is 6.61 Å². The van der Waals surface area contributed by atoms with Gasteiger partial charge in [0.2, 0.25) is 0 Å². The number of benzene rings is 3. The summed E-state index contributed by atoms with van der Waals surface area (Å²) in [6.45, 7) is 0.437. The first-order valence-electron chi connectivity index (χ1n) is 8.64. The second kappa shape index (κ2) is 7.38. The van der Waals surface area contributed by atoms with E-state index in [0.717, 1.165) is 22.4 Å². The van der Waals surface area contributed by atoms with Crippen LogP contribution < -0.4 is 4.90 Å². The van der Waals surface area contributed by atoms with Gasteiger partial charge in [-0.15, -0.1) is 0 Å². The number of para-hydroxylation sites is 1. The highest BCUT2D eigenvalue weighted by atomic mass is 16.5. The summed E-state index contributed by atoms with van der Waals surface area (Å²) in [5, 5.41) is 0. The first kappa shape index (κ1) is 16.3. The first-order chi connectivity index (χ1) is 12.8. The zero-order valence-electron chi connectivity index (χ0n) is 14.3. The maximum Gasteiger partial charge on any atom is 0.253 e. The highest BCUT2D eigenvalue weighted by Crippen LogP contribution is 2.33. The molecule has 0 saturated carbocycles. The Balaban J connectivity index is 1.67. The summed E-state index contributed by atoms with van der Waals surface area (Å²) < 4.78 is 6.23. The monoisotopic (exact) mass is 341 g/mol. The van der Waals surface area contributed by atoms with Crippen LogP contribution in [0.5, 0.6) is 0 Å². The standard InChI is InChI=1S/C23H19NO2/c25-22-16-21(19-12-6-2-7-13-19)23(24(22)20-14-8-3-9-15-20)26-17-18-10-4-1-5-11-18/h1-16,23H,17H2. The molecular formula is C23H19NO2. The van der Waals surface area contributed by atoms with Gasteiger partial charge in [-0.05, 0) is 23.3 Å². The average Bonchev–Trinajstić information content (AvgIpc) is 3.04. The molecule has 3 heteroatoms. The van der Waals surface area contributed by atoms with Crippen molar-refractivity contribution in [3.05, 3.63) is 108 Å². The third-order valence-electron chi connectivity index (χ3n) is 4.41. The van der Waals surface area contributed by atoms with Crippen LogP contribution in [0, 0.1) is 0 Å². The van der Waals surface area contributed by atoms with Crippen molar-refractivity contribution in [3.63, 3.8) is 0 Å². The molecule has 0 radical (unpaired) electrons. The van der Waals surface area contributed by atoms with Gasteiger partial charge in [0.1, 0.15) is 0 Å². The molecule has 3 aromatic rings. The normalized spacial score (nSPS) is 16.6. The highest BCUT2D eigenvalue weighted by molar-refractivity contribution is 6.12. The first-order valence-corrected chi connectivity index (χ1v) is 8.64. The molecule has 1 atom stereocenters. The lowest BCUT2D eigenvalue weighted by molar-refractivity contribution is -0.115. The Kier molecular flexibility index (Phi) is 4.63. The van der Waals surface area contributed by atoms with Crippen LogP contribution in [0.1, 0.15) is 11.1 Å². The van der Waals surface area contributed by atoms with Crippen molar-refractivity contribution in [1.29, 1.82) is 0 Å². The number of rotatable bonds is 5. The Morgan fingerprint density at radius 2 is 1.35 bits per heavy atom. The summed E-state index contributed by atoms with van der Waals surface area (Å²) in [7, 11) is 0. The molecular weight excluding hydrogens is 322 g/mol. The third-order valence-corrected chi connectivity index (χ3v) is 4.41. The lowest BCUT2D eigenvalue weighted by Crippen LogP contribution is -2.37. The number of nitrogens with zero attached hydrogens (tertiary/aromatic N) is 1. The van der Waals surface area contributed by atoms with Gasteiger partial charge in [-0.25, -0.2) is 0 Å². The van der Waals surface area contributed by atoms with Gasteiger partial charge in [-0.2, -0.15) is 0 Å². The second-order valence-electron chi connectivity index (χ2n) is 6.16. The smallest absolute Gasteiger partial charge is 0.253 e. The molecule has 128 valence electrons. The van der Waals surface area contributed by atoms with E-state index in [1.807, 2.05) is 91.0 Å². The molecule has 1 aliphatic rings. The SMILES string of the molecule is O=C1C=C(c2ccccc2)C(OCc2ccccc2)N1c1ccccc1. The molecule has 3 nitrogen and oxygen atoms in total. The van der Waals surface area contributed by atoms with Crippen LogP contribution in [0.4, 0.5) is 5.69 Å². The minimum Gasteiger partial charge on any atom is -0.349 e. The van der Waals surface area contributed by atoms with Crippen LogP contribution in [0.25, 0.3) is 5.57 Å². The summed E-state index contributed by atoms with van der Waals surface area (Å²) >= 11 is 0. The topological polar surface area (TPSA) is 29.5 Å². The molecule has 0 aliphatic carbocycles. The second-order valence-corrected chi connectivity index (χ2v) is 6.16. The van der Waals surface area contributed by atoms with E-state index in [0.29, 0.717) is 6.61 Å². The van der Waals surface area contributed by atoms with Crippen molar-refractivity contribution in [3.8, 4) is 0 Å². The number of amides is 1. The molecule has 0 aromatic heterocycles. The number of hydrogen-bond acceptors (Lipinski definition) is 2. The molecule has 0 N–H and O–H groups in total. The molecule has 0 fully saturated rings. The van der Waals surface area contributed by atoms with Crippen LogP contribution in [-0.2, 0) is 16.1 Å². The van der Waals surface area contributed by atoms with E-state index in [1.165, 1.54) is 0 Å². The molecule has 3 aromatic carbocycles. The lowest BCUT2D eigenvalue weighted by Gasteiger charge is -2.27. The van der Waals surface area contributed by atoms with Crippen molar-refractivity contribution >= 4 is 17.2 Å². The molecule has 1 aliphatic heterocycles. The van der Waals surface area contributed by atoms with Crippen LogP contribution in [0.3, 0.4) is 0 Å². The maximum atomic E-state index is 12.7. The molecule has 4 rings (SSSR count). The molecule has 1 unspecified atom stereocenters. The van der Waals surface area contributed by atoms with Crippen LogP contribution in [0.2, 0.25) is 0 Å². The molecule has 1 heterocycles. The van der Waals surface area contributed by atoms with Crippen LogP contribution >= 0.6 is 0 Å². The minimum atomic E-state index is -0.451. The Bertz CT molecular complexity index is 905. The fourth-order valence-corrected chi connectivity index (χ4v) is 3.15. The minimum absolute atomic E-state index is 0.0619. The molecule has 0 saturated heterocycles. The van der Waals surface area contributed by atoms with Crippen molar-refractivity contribution in [1.82, 2.24) is 0 Å². The van der Waals surface area contributed by atoms with E-state index in [9.17, 15) is 4.79 Å². The number of hydrogen-bond donors (Lipinski definition) is 0. The predicted octanol–water partition coefficient (Wildman–Crippen LogP) is 4.66. The molecule has 0 spiro atoms. The van der Waals surface area contributed by atoms with Gasteiger partial charge < -0.3 is 4.74 Å². The van der Waals surface area contributed by atoms with E-state index >= 15 is 0 Å². The average molecular weight is 341 g/mol. The van der Waals surface area contributed by atoms with Crippen molar-refractivity contribution in [2.75, 3.05) is 4.90 Å². The van der Waals surface area contributed by atoms with Crippen molar-refractivity contribution in [2.45, 2.75) is 12.8 Å². The fraction of sp³-hybridized carbons (Fsp3) is 0.0870. The summed E-state index contributed by atoms with van der Waals surface area (Å²) in [5.74, 6) is -0.0619. The Morgan fingerprint density at radius 1 is 0.769 bits per heavy atom. The van der Waals surface area contributed by atoms with Gasteiger partial charge in [0, 0.05) is 17.3 Å². The van der Waals surface area contributed by atoms with Gasteiger partial charge in [-0.1, -0.05) is 78.9 Å². The Morgan fingerprint density at radius 3 is 2.00 bits per heavy atom. The zero-order chi connectivity index (χ0) is 17.8. The van der Waals surface area contributed by atoms with E-state index in [-0.39, 0.29) is 5.91 Å². The van der Waals surface area contributed by atoms with Gasteiger partial charge in [0.25, 0.3) is 5.91 Å². The quantitative estimate of drug-likeness (QED) is 0.675. The molecule has 1 amide bonds. The van der Waals surface area contributed by atoms with Gasteiger partial charge in [-0.3, -0.25) is 9.69 Å². The van der Waals surface area contributed by atoms with Crippen LogP contribution in [-0.4, -0.2) is 12.1 Å². The van der Waals surface area contributed by atoms with Crippen molar-refractivity contribution in [2.24, 2.45) is 0 Å². The maximum absolute atomic E-state index is 12.7. The summed E-state index contributed by atoms with van der Waals surface area (Å²) in [6, 6.07) is 29.6. The number of carbonyl (C=O) groups excluding carboxylic acids is 1. The van der Waals surface area contributed by atoms with E-state index in [1.54, 1.807) is 11.0 Å². The zero-order valence-corrected chi connectivity index (χ0v) is 14.3. The van der Waals surface area contributed by atoms with Crippen molar-refractivity contribution < 1.29 is 9.53 Å². The third kappa shape index (κ3) is 3.30. The van der Waals surface area contributed by atoms with E-state index < -0.39 is 6.23 Å². The van der Waals surface area contributed by atoms with Gasteiger partial charge >= 0.3 is 0 Å². The molecule has 0 bridgehead atoms. The number of anilines is 1.